The van der Waals surface area contributed by atoms with Crippen molar-refractivity contribution in [3.8, 4) is 11.5 Å². The van der Waals surface area contributed by atoms with Crippen molar-refractivity contribution in [3.05, 3.63) is 59.4 Å². The van der Waals surface area contributed by atoms with Crippen LogP contribution in [0.4, 0.5) is 4.39 Å². The Morgan fingerprint density at radius 3 is 2.65 bits per heavy atom. The van der Waals surface area contributed by atoms with Crippen LogP contribution < -0.4 is 10.1 Å². The van der Waals surface area contributed by atoms with Gasteiger partial charge in [0.1, 0.15) is 23.4 Å². The maximum Gasteiger partial charge on any atom is 0.194 e. The van der Waals surface area contributed by atoms with Gasteiger partial charge in [-0.3, -0.25) is 4.99 Å². The Labute approximate surface area is 200 Å². The van der Waals surface area contributed by atoms with Crippen LogP contribution in [-0.2, 0) is 11.2 Å². The van der Waals surface area contributed by atoms with E-state index in [4.69, 9.17) is 14.5 Å². The summed E-state index contributed by atoms with van der Waals surface area (Å²) in [5.74, 6) is 1.40. The fourth-order valence-corrected chi connectivity index (χ4v) is 3.58. The topological polar surface area (TPSA) is 66.3 Å². The summed E-state index contributed by atoms with van der Waals surface area (Å²) in [7, 11) is 1.57. The molecule has 0 bridgehead atoms. The zero-order valence-corrected chi connectivity index (χ0v) is 20.5. The molecule has 0 saturated carbocycles. The van der Waals surface area contributed by atoms with Gasteiger partial charge in [-0.05, 0) is 49.6 Å². The number of guanidine groups is 1. The number of aliphatic imine (C=N–C) groups is 1. The molecule has 1 saturated heterocycles. The standard InChI is InChI=1S/C23H30FN3O3.HI/c1-4-25-23(26-12-11-17-7-10-20(29-3)13-21(17)28)27-14-16(2)30-22(15-27)18-5-8-19(24)9-6-18;/h5-10,13,16,22,28H,4,11-12,14-15H2,1-3H3,(H,25,26);1H. The molecule has 1 heterocycles. The lowest BCUT2D eigenvalue weighted by molar-refractivity contribution is -0.0605. The molecule has 6 nitrogen and oxygen atoms in total. The summed E-state index contributed by atoms with van der Waals surface area (Å²) in [6.07, 6.45) is 0.485. The summed E-state index contributed by atoms with van der Waals surface area (Å²) >= 11 is 0. The van der Waals surface area contributed by atoms with Gasteiger partial charge in [-0.25, -0.2) is 4.39 Å². The molecular weight excluding hydrogens is 512 g/mol. The molecule has 0 aliphatic carbocycles. The first-order valence-corrected chi connectivity index (χ1v) is 10.3. The number of hydrogen-bond acceptors (Lipinski definition) is 4. The first-order chi connectivity index (χ1) is 14.5. The molecule has 3 rings (SSSR count). The van der Waals surface area contributed by atoms with Gasteiger partial charge < -0.3 is 24.8 Å². The van der Waals surface area contributed by atoms with E-state index in [1.54, 1.807) is 25.3 Å². The molecule has 2 unspecified atom stereocenters. The third-order valence-corrected chi connectivity index (χ3v) is 5.07. The highest BCUT2D eigenvalue weighted by molar-refractivity contribution is 14.0. The van der Waals surface area contributed by atoms with Crippen molar-refractivity contribution >= 4 is 29.9 Å². The maximum absolute atomic E-state index is 13.3. The number of hydrogen-bond donors (Lipinski definition) is 2. The average Bonchev–Trinajstić information content (AvgIpc) is 2.74. The third-order valence-electron chi connectivity index (χ3n) is 5.07. The number of rotatable bonds is 6. The van der Waals surface area contributed by atoms with Crippen LogP contribution in [-0.4, -0.2) is 55.4 Å². The average molecular weight is 543 g/mol. The van der Waals surface area contributed by atoms with E-state index < -0.39 is 0 Å². The summed E-state index contributed by atoms with van der Waals surface area (Å²) in [6.45, 7) is 6.70. The fourth-order valence-electron chi connectivity index (χ4n) is 3.58. The lowest BCUT2D eigenvalue weighted by Gasteiger charge is -2.38. The van der Waals surface area contributed by atoms with Gasteiger partial charge in [0.05, 0.1) is 19.8 Å². The largest absolute Gasteiger partial charge is 0.508 e. The molecule has 2 N–H and O–H groups in total. The second-order valence-electron chi connectivity index (χ2n) is 7.37. The zero-order chi connectivity index (χ0) is 21.5. The molecule has 170 valence electrons. The quantitative estimate of drug-likeness (QED) is 0.326. The maximum atomic E-state index is 13.3. The number of nitrogens with one attached hydrogen (secondary N) is 1. The van der Waals surface area contributed by atoms with Crippen LogP contribution in [0.25, 0.3) is 0 Å². The fraction of sp³-hybridized carbons (Fsp3) is 0.435. The Morgan fingerprint density at radius 1 is 1.26 bits per heavy atom. The minimum Gasteiger partial charge on any atom is -0.508 e. The lowest BCUT2D eigenvalue weighted by Crippen LogP contribution is -2.50. The van der Waals surface area contributed by atoms with Gasteiger partial charge in [-0.15, -0.1) is 24.0 Å². The van der Waals surface area contributed by atoms with Crippen molar-refractivity contribution in [3.63, 3.8) is 0 Å². The van der Waals surface area contributed by atoms with E-state index in [0.29, 0.717) is 25.3 Å². The molecule has 31 heavy (non-hydrogen) atoms. The number of halogens is 2. The lowest BCUT2D eigenvalue weighted by atomic mass is 10.1. The molecule has 0 amide bonds. The number of phenolic OH excluding ortho intramolecular Hbond substituents is 1. The molecule has 2 aromatic carbocycles. The van der Waals surface area contributed by atoms with E-state index >= 15 is 0 Å². The number of aromatic hydroxyl groups is 1. The van der Waals surface area contributed by atoms with Crippen molar-refractivity contribution in [2.75, 3.05) is 33.3 Å². The summed E-state index contributed by atoms with van der Waals surface area (Å²) in [6, 6.07) is 11.8. The minimum atomic E-state index is -0.254. The summed E-state index contributed by atoms with van der Waals surface area (Å²) < 4.78 is 24.5. The van der Waals surface area contributed by atoms with E-state index in [0.717, 1.165) is 30.2 Å². The van der Waals surface area contributed by atoms with Crippen molar-refractivity contribution in [2.45, 2.75) is 32.5 Å². The Hall–Kier alpha value is -2.07. The first-order valence-electron chi connectivity index (χ1n) is 10.3. The van der Waals surface area contributed by atoms with Gasteiger partial charge in [0.25, 0.3) is 0 Å². The van der Waals surface area contributed by atoms with E-state index in [9.17, 15) is 9.50 Å². The summed E-state index contributed by atoms with van der Waals surface area (Å²) in [5, 5.41) is 13.5. The predicted molar refractivity (Wildman–Crippen MR) is 131 cm³/mol. The Kier molecular flexibility index (Phi) is 9.83. The molecule has 0 radical (unpaired) electrons. The van der Waals surface area contributed by atoms with Crippen molar-refractivity contribution in [2.24, 2.45) is 4.99 Å². The highest BCUT2D eigenvalue weighted by Gasteiger charge is 2.28. The molecule has 2 atom stereocenters. The van der Waals surface area contributed by atoms with E-state index in [1.807, 2.05) is 26.0 Å². The van der Waals surface area contributed by atoms with Crippen LogP contribution >= 0.6 is 24.0 Å². The zero-order valence-electron chi connectivity index (χ0n) is 18.2. The predicted octanol–water partition coefficient (Wildman–Crippen LogP) is 4.13. The van der Waals surface area contributed by atoms with Crippen LogP contribution in [0.2, 0.25) is 0 Å². The summed E-state index contributed by atoms with van der Waals surface area (Å²) in [5.41, 5.74) is 1.78. The molecule has 8 heteroatoms. The highest BCUT2D eigenvalue weighted by Crippen LogP contribution is 2.26. The highest BCUT2D eigenvalue weighted by atomic mass is 127. The number of nitrogens with zero attached hydrogens (tertiary/aromatic N) is 2. The SMILES string of the molecule is CCNC(=NCCc1ccc(OC)cc1O)N1CC(C)OC(c2ccc(F)cc2)C1.I. The monoisotopic (exact) mass is 543 g/mol. The van der Waals surface area contributed by atoms with Gasteiger partial charge in [-0.2, -0.15) is 0 Å². The van der Waals surface area contributed by atoms with E-state index in [-0.39, 0.29) is 47.8 Å². The number of morpholine rings is 1. The number of ether oxygens (including phenoxy) is 2. The molecule has 1 aliphatic rings. The van der Waals surface area contributed by atoms with E-state index in [1.165, 1.54) is 12.1 Å². The number of phenols is 1. The van der Waals surface area contributed by atoms with Gasteiger partial charge in [-0.1, -0.05) is 18.2 Å². The van der Waals surface area contributed by atoms with Gasteiger partial charge in [0.15, 0.2) is 5.96 Å². The van der Waals surface area contributed by atoms with Crippen LogP contribution in [0.15, 0.2) is 47.5 Å². The molecule has 0 spiro atoms. The van der Waals surface area contributed by atoms with Crippen LogP contribution in [0.5, 0.6) is 11.5 Å². The molecule has 2 aromatic rings. The second-order valence-corrected chi connectivity index (χ2v) is 7.37. The normalized spacial score (nSPS) is 19.0. The molecule has 1 fully saturated rings. The third kappa shape index (κ3) is 6.96. The van der Waals surface area contributed by atoms with Gasteiger partial charge in [0.2, 0.25) is 0 Å². The number of methoxy groups -OCH3 is 1. The Bertz CT molecular complexity index is 864. The van der Waals surface area contributed by atoms with Crippen molar-refractivity contribution < 1.29 is 19.0 Å². The van der Waals surface area contributed by atoms with Gasteiger partial charge in [0, 0.05) is 25.7 Å². The molecule has 0 aromatic heterocycles. The summed E-state index contributed by atoms with van der Waals surface area (Å²) in [4.78, 5) is 6.95. The molecule has 1 aliphatic heterocycles. The van der Waals surface area contributed by atoms with Gasteiger partial charge >= 0.3 is 0 Å². The molecular formula is C23H31FIN3O3. The Balaban J connectivity index is 0.00000341. The van der Waals surface area contributed by atoms with E-state index in [2.05, 4.69) is 10.2 Å². The number of benzene rings is 2. The minimum absolute atomic E-state index is 0. The van der Waals surface area contributed by atoms with Crippen LogP contribution in [0.3, 0.4) is 0 Å². The van der Waals surface area contributed by atoms with Crippen LogP contribution in [0, 0.1) is 5.82 Å². The Morgan fingerprint density at radius 2 is 2.00 bits per heavy atom. The van der Waals surface area contributed by atoms with Crippen LogP contribution in [0.1, 0.15) is 31.1 Å². The van der Waals surface area contributed by atoms with Crippen molar-refractivity contribution in [1.29, 1.82) is 0 Å². The second kappa shape index (κ2) is 12.1. The first kappa shape index (κ1) is 25.2. The van der Waals surface area contributed by atoms with Crippen molar-refractivity contribution in [1.82, 2.24) is 10.2 Å². The smallest absolute Gasteiger partial charge is 0.194 e.